The van der Waals surface area contributed by atoms with Gasteiger partial charge in [-0.05, 0) is 42.7 Å². The summed E-state index contributed by atoms with van der Waals surface area (Å²) in [6, 6.07) is 7.39. The van der Waals surface area contributed by atoms with E-state index in [4.69, 9.17) is 4.74 Å². The summed E-state index contributed by atoms with van der Waals surface area (Å²) in [6.45, 7) is 8.61. The normalized spacial score (nSPS) is 27.6. The van der Waals surface area contributed by atoms with Gasteiger partial charge in [0.15, 0.2) is 0 Å². The molecule has 1 N–H and O–H groups in total. The zero-order valence-electron chi connectivity index (χ0n) is 19.5. The molecule has 0 aromatic heterocycles. The van der Waals surface area contributed by atoms with E-state index in [-0.39, 0.29) is 23.8 Å². The summed E-state index contributed by atoms with van der Waals surface area (Å²) in [6.07, 6.45) is 2.26. The average Bonchev–Trinajstić information content (AvgIpc) is 2.95. The van der Waals surface area contributed by atoms with Crippen molar-refractivity contribution in [1.29, 1.82) is 0 Å². The van der Waals surface area contributed by atoms with Crippen LogP contribution in [0.25, 0.3) is 0 Å². The summed E-state index contributed by atoms with van der Waals surface area (Å²) in [5.74, 6) is 0.708. The molecule has 4 rings (SSSR count). The molecule has 2 saturated heterocycles. The van der Waals surface area contributed by atoms with Crippen LogP contribution in [0.15, 0.2) is 24.3 Å². The Morgan fingerprint density at radius 2 is 1.81 bits per heavy atom. The molecule has 3 fully saturated rings. The van der Waals surface area contributed by atoms with Crippen molar-refractivity contribution in [3.8, 4) is 5.75 Å². The molecular weight excluding hydrogens is 408 g/mol. The highest BCUT2D eigenvalue weighted by Gasteiger charge is 2.56. The number of carbonyl (C=O) groups is 3. The minimum absolute atomic E-state index is 0.0323. The Balaban J connectivity index is 1.38. The molecule has 2 atom stereocenters. The second kappa shape index (κ2) is 8.30. The maximum atomic E-state index is 13.3. The Hall–Kier alpha value is -2.77. The van der Waals surface area contributed by atoms with Crippen molar-refractivity contribution in [2.24, 2.45) is 11.3 Å². The van der Waals surface area contributed by atoms with Crippen molar-refractivity contribution in [2.75, 3.05) is 44.7 Å². The van der Waals surface area contributed by atoms with E-state index < -0.39 is 11.6 Å². The number of carbonyl (C=O) groups excluding carboxylic acids is 3. The number of rotatable bonds is 4. The summed E-state index contributed by atoms with van der Waals surface area (Å²) in [4.78, 5) is 44.0. The third-order valence-electron chi connectivity index (χ3n) is 6.98. The van der Waals surface area contributed by atoms with E-state index in [0.29, 0.717) is 44.9 Å². The fourth-order valence-corrected chi connectivity index (χ4v) is 5.97. The highest BCUT2D eigenvalue weighted by atomic mass is 16.5. The second-order valence-corrected chi connectivity index (χ2v) is 10.3. The number of methoxy groups -OCH3 is 1. The minimum Gasteiger partial charge on any atom is -0.495 e. The van der Waals surface area contributed by atoms with E-state index in [2.05, 4.69) is 31.0 Å². The standard InChI is InChI=1S/C24H34N4O4/c1-17-13-23(2,3)16-24(14-17)21(30)28(22(31)25-24)15-20(29)27-11-9-26(10-12-27)18-7-5-6-8-19(18)32-4/h5-8,17H,9-16H2,1-4H3,(H,25,31)/t17-,24+/m1/s1. The molecule has 8 heteroatoms. The van der Waals surface area contributed by atoms with Gasteiger partial charge in [0.1, 0.15) is 17.8 Å². The van der Waals surface area contributed by atoms with Crippen molar-refractivity contribution >= 4 is 23.5 Å². The maximum absolute atomic E-state index is 13.3. The van der Waals surface area contributed by atoms with Gasteiger partial charge < -0.3 is 19.9 Å². The summed E-state index contributed by atoms with van der Waals surface area (Å²) >= 11 is 0. The molecule has 174 valence electrons. The number of amides is 4. The highest BCUT2D eigenvalue weighted by molar-refractivity contribution is 6.09. The van der Waals surface area contributed by atoms with Gasteiger partial charge in [0.05, 0.1) is 12.8 Å². The molecule has 8 nitrogen and oxygen atoms in total. The van der Waals surface area contributed by atoms with Gasteiger partial charge in [-0.3, -0.25) is 14.5 Å². The summed E-state index contributed by atoms with van der Waals surface area (Å²) in [5.41, 5.74) is 0.100. The number of nitrogens with one attached hydrogen (secondary N) is 1. The van der Waals surface area contributed by atoms with E-state index in [1.165, 1.54) is 0 Å². The zero-order valence-corrected chi connectivity index (χ0v) is 19.5. The first-order valence-electron chi connectivity index (χ1n) is 11.4. The molecule has 1 saturated carbocycles. The van der Waals surface area contributed by atoms with Crippen LogP contribution in [0.1, 0.15) is 40.0 Å². The van der Waals surface area contributed by atoms with Crippen LogP contribution in [0.5, 0.6) is 5.75 Å². The van der Waals surface area contributed by atoms with Gasteiger partial charge in [-0.15, -0.1) is 0 Å². The largest absolute Gasteiger partial charge is 0.495 e. The number of hydrogen-bond acceptors (Lipinski definition) is 5. The quantitative estimate of drug-likeness (QED) is 0.725. The van der Waals surface area contributed by atoms with E-state index in [1.807, 2.05) is 24.3 Å². The number of ether oxygens (including phenoxy) is 1. The first-order chi connectivity index (χ1) is 15.1. The third-order valence-corrected chi connectivity index (χ3v) is 6.98. The Morgan fingerprint density at radius 1 is 1.12 bits per heavy atom. The van der Waals surface area contributed by atoms with Gasteiger partial charge in [-0.25, -0.2) is 4.79 Å². The van der Waals surface area contributed by atoms with Gasteiger partial charge in [-0.1, -0.05) is 32.9 Å². The number of para-hydroxylation sites is 2. The molecule has 4 amide bonds. The Morgan fingerprint density at radius 3 is 2.47 bits per heavy atom. The van der Waals surface area contributed by atoms with Gasteiger partial charge in [-0.2, -0.15) is 0 Å². The average molecular weight is 443 g/mol. The van der Waals surface area contributed by atoms with Crippen molar-refractivity contribution in [3.63, 3.8) is 0 Å². The van der Waals surface area contributed by atoms with Gasteiger partial charge in [0, 0.05) is 26.2 Å². The number of piperazine rings is 1. The first kappa shape index (κ1) is 22.4. The van der Waals surface area contributed by atoms with Gasteiger partial charge >= 0.3 is 6.03 Å². The van der Waals surface area contributed by atoms with Crippen LogP contribution in [0.2, 0.25) is 0 Å². The fourth-order valence-electron chi connectivity index (χ4n) is 5.97. The molecular formula is C24H34N4O4. The van der Waals surface area contributed by atoms with Gasteiger partial charge in [0.2, 0.25) is 5.91 Å². The lowest BCUT2D eigenvalue weighted by Crippen LogP contribution is -2.55. The van der Waals surface area contributed by atoms with Crippen molar-refractivity contribution in [2.45, 2.75) is 45.6 Å². The minimum atomic E-state index is -0.874. The van der Waals surface area contributed by atoms with Crippen LogP contribution in [0.4, 0.5) is 10.5 Å². The second-order valence-electron chi connectivity index (χ2n) is 10.3. The molecule has 1 aromatic carbocycles. The van der Waals surface area contributed by atoms with Crippen LogP contribution < -0.4 is 15.0 Å². The van der Waals surface area contributed by atoms with Crippen molar-refractivity contribution in [3.05, 3.63) is 24.3 Å². The molecule has 2 heterocycles. The van der Waals surface area contributed by atoms with Crippen LogP contribution in [-0.4, -0.2) is 73.0 Å². The van der Waals surface area contributed by atoms with Crippen LogP contribution >= 0.6 is 0 Å². The Kier molecular flexibility index (Phi) is 5.81. The van der Waals surface area contributed by atoms with E-state index >= 15 is 0 Å². The summed E-state index contributed by atoms with van der Waals surface area (Å²) in [5, 5.41) is 2.95. The van der Waals surface area contributed by atoms with Crippen LogP contribution in [-0.2, 0) is 9.59 Å². The number of urea groups is 1. The number of nitrogens with zero attached hydrogens (tertiary/aromatic N) is 3. The molecule has 1 spiro atoms. The topological polar surface area (TPSA) is 82.2 Å². The Bertz CT molecular complexity index is 909. The number of hydrogen-bond donors (Lipinski definition) is 1. The lowest BCUT2D eigenvalue weighted by molar-refractivity contribution is -0.140. The highest BCUT2D eigenvalue weighted by Crippen LogP contribution is 2.46. The molecule has 2 aliphatic heterocycles. The molecule has 32 heavy (non-hydrogen) atoms. The number of imide groups is 1. The van der Waals surface area contributed by atoms with Crippen LogP contribution in [0.3, 0.4) is 0 Å². The predicted molar refractivity (Wildman–Crippen MR) is 122 cm³/mol. The third kappa shape index (κ3) is 4.14. The smallest absolute Gasteiger partial charge is 0.325 e. The first-order valence-corrected chi connectivity index (χ1v) is 11.4. The molecule has 3 aliphatic rings. The van der Waals surface area contributed by atoms with E-state index in [1.54, 1.807) is 12.0 Å². The van der Waals surface area contributed by atoms with Crippen molar-refractivity contribution < 1.29 is 19.1 Å². The summed E-state index contributed by atoms with van der Waals surface area (Å²) < 4.78 is 5.45. The molecule has 0 unspecified atom stereocenters. The van der Waals surface area contributed by atoms with Gasteiger partial charge in [0.25, 0.3) is 5.91 Å². The number of benzene rings is 1. The SMILES string of the molecule is COc1ccccc1N1CCN(C(=O)CN2C(=O)N[C@]3(C[C@H](C)CC(C)(C)C3)C2=O)CC1. The van der Waals surface area contributed by atoms with Crippen LogP contribution in [0, 0.1) is 11.3 Å². The number of anilines is 1. The van der Waals surface area contributed by atoms with E-state index in [9.17, 15) is 14.4 Å². The zero-order chi connectivity index (χ0) is 23.1. The Labute approximate surface area is 189 Å². The lowest BCUT2D eigenvalue weighted by Gasteiger charge is -2.43. The van der Waals surface area contributed by atoms with Crippen molar-refractivity contribution in [1.82, 2.24) is 15.1 Å². The maximum Gasteiger partial charge on any atom is 0.325 e. The monoisotopic (exact) mass is 442 g/mol. The molecule has 1 aliphatic carbocycles. The lowest BCUT2D eigenvalue weighted by atomic mass is 9.64. The molecule has 0 radical (unpaired) electrons. The fraction of sp³-hybridized carbons (Fsp3) is 0.625. The molecule has 1 aromatic rings. The molecule has 0 bridgehead atoms. The van der Waals surface area contributed by atoms with E-state index in [0.717, 1.165) is 22.8 Å². The predicted octanol–water partition coefficient (Wildman–Crippen LogP) is 2.48. The summed E-state index contributed by atoms with van der Waals surface area (Å²) in [7, 11) is 1.65.